The predicted molar refractivity (Wildman–Crippen MR) is 160 cm³/mol. The molecule has 2 heterocycles. The van der Waals surface area contributed by atoms with Crippen LogP contribution in [0, 0.1) is 13.5 Å². The molecule has 45 heavy (non-hydrogen) atoms. The number of hydrogen-bond acceptors (Lipinski definition) is 7. The number of ether oxygens (including phenoxy) is 1. The van der Waals surface area contributed by atoms with Gasteiger partial charge in [-0.15, -0.1) is 13.2 Å². The molecule has 9 nitrogen and oxygen atoms in total. The maximum Gasteiger partial charge on any atom is 0.573 e. The molecule has 232 valence electrons. The van der Waals surface area contributed by atoms with Crippen LogP contribution in [0.4, 0.5) is 13.2 Å². The first-order chi connectivity index (χ1) is 21.1. The van der Waals surface area contributed by atoms with Crippen molar-refractivity contribution in [2.45, 2.75) is 44.2 Å². The molecule has 0 unspecified atom stereocenters. The Labute approximate surface area is 257 Å². The number of rotatable bonds is 8. The monoisotopic (exact) mass is 636 g/mol. The summed E-state index contributed by atoms with van der Waals surface area (Å²) in [5.41, 5.74) is 2.86. The molecule has 0 spiro atoms. The highest BCUT2D eigenvalue weighted by atomic mass is 32.2. The quantitative estimate of drug-likeness (QED) is 0.181. The number of oxazole rings is 1. The van der Waals surface area contributed by atoms with Crippen molar-refractivity contribution in [3.63, 3.8) is 0 Å². The Bertz CT molecular complexity index is 2040. The van der Waals surface area contributed by atoms with Gasteiger partial charge in [-0.2, -0.15) is 5.10 Å². The summed E-state index contributed by atoms with van der Waals surface area (Å²) in [6, 6.07) is 17.0. The van der Waals surface area contributed by atoms with Crippen LogP contribution in [0.25, 0.3) is 44.2 Å². The van der Waals surface area contributed by atoms with Crippen LogP contribution in [0.5, 0.6) is 5.75 Å². The summed E-state index contributed by atoms with van der Waals surface area (Å²) >= 11 is 0. The largest absolute Gasteiger partial charge is 0.573 e. The van der Waals surface area contributed by atoms with E-state index in [2.05, 4.69) is 19.7 Å². The number of hydrogen-bond donors (Lipinski definition) is 1. The van der Waals surface area contributed by atoms with Gasteiger partial charge >= 0.3 is 6.36 Å². The van der Waals surface area contributed by atoms with Gasteiger partial charge in [0, 0.05) is 44.4 Å². The third-order valence-corrected chi connectivity index (χ3v) is 8.23. The first kappa shape index (κ1) is 31.5. The van der Waals surface area contributed by atoms with Crippen molar-refractivity contribution in [1.82, 2.24) is 14.8 Å². The normalized spacial score (nSPS) is 12.2. The molecule has 0 aliphatic carbocycles. The van der Waals surface area contributed by atoms with Gasteiger partial charge in [-0.25, -0.2) is 24.7 Å². The van der Waals surface area contributed by atoms with Crippen molar-refractivity contribution in [2.24, 2.45) is 0 Å². The first-order valence-electron chi connectivity index (χ1n) is 13.5. The van der Waals surface area contributed by atoms with Crippen LogP contribution in [-0.4, -0.2) is 40.9 Å². The molecule has 0 aliphatic heterocycles. The molecule has 5 aromatic rings. The SMILES string of the molecule is [C-]#[N+]C(C)(C)c1ccn(-c2ccc(-c3ccc(CO)c(S(C)(=O)=O)c3)cc2-c2oc(C)nc2-c2ccc(OC(F)(F)F)cc2)n1. The smallest absolute Gasteiger partial charge is 0.440 e. The molecule has 0 aliphatic rings. The van der Waals surface area contributed by atoms with Gasteiger partial charge in [-0.3, -0.25) is 0 Å². The minimum absolute atomic E-state index is 0.0106. The van der Waals surface area contributed by atoms with Crippen LogP contribution in [0.2, 0.25) is 0 Å². The zero-order valence-electron chi connectivity index (χ0n) is 24.5. The van der Waals surface area contributed by atoms with Crippen LogP contribution >= 0.6 is 0 Å². The maximum absolute atomic E-state index is 12.7. The van der Waals surface area contributed by atoms with Gasteiger partial charge in [0.05, 0.1) is 17.2 Å². The lowest BCUT2D eigenvalue weighted by molar-refractivity contribution is -0.274. The summed E-state index contributed by atoms with van der Waals surface area (Å²) in [6.45, 7) is 12.2. The summed E-state index contributed by atoms with van der Waals surface area (Å²) in [4.78, 5) is 8.17. The maximum atomic E-state index is 12.7. The molecule has 13 heteroatoms. The highest BCUT2D eigenvalue weighted by Gasteiger charge is 2.32. The van der Waals surface area contributed by atoms with Crippen molar-refractivity contribution in [2.75, 3.05) is 6.26 Å². The molecule has 0 bridgehead atoms. The van der Waals surface area contributed by atoms with E-state index < -0.39 is 34.1 Å². The molecule has 0 fully saturated rings. The van der Waals surface area contributed by atoms with E-state index in [4.69, 9.17) is 11.0 Å². The van der Waals surface area contributed by atoms with E-state index in [1.165, 1.54) is 30.3 Å². The number of aromatic nitrogens is 3. The standard InChI is InChI=1S/C32H27F3N4O5S/c1-19-37-29(20-8-11-24(12-9-20)44-32(33,34)35)30(43-19)25-16-21(22-6-7-23(18-40)27(17-22)45(5,41)42)10-13-26(25)39-15-14-28(38-39)31(2,3)36-4/h6-17,40H,18H2,1-3,5H3. The van der Waals surface area contributed by atoms with Gasteiger partial charge in [-0.1, -0.05) is 18.2 Å². The number of aliphatic hydroxyl groups is 1. The van der Waals surface area contributed by atoms with E-state index in [9.17, 15) is 26.7 Å². The lowest BCUT2D eigenvalue weighted by Gasteiger charge is -2.14. The molecule has 1 N–H and O–H groups in total. The van der Waals surface area contributed by atoms with Crippen molar-refractivity contribution in [1.29, 1.82) is 0 Å². The number of benzene rings is 3. The average molecular weight is 637 g/mol. The molecule has 0 amide bonds. The predicted octanol–water partition coefficient (Wildman–Crippen LogP) is 7.12. The average Bonchev–Trinajstić information content (AvgIpc) is 3.63. The van der Waals surface area contributed by atoms with E-state index in [0.29, 0.717) is 39.3 Å². The molecule has 0 saturated heterocycles. The molecule has 2 aromatic heterocycles. The van der Waals surface area contributed by atoms with Crippen molar-refractivity contribution >= 4 is 9.84 Å². The van der Waals surface area contributed by atoms with Crippen LogP contribution in [-0.2, 0) is 22.0 Å². The summed E-state index contributed by atoms with van der Waals surface area (Å²) in [5.74, 6) is 0.176. The molecule has 5 rings (SSSR count). The van der Waals surface area contributed by atoms with E-state index in [-0.39, 0.29) is 22.1 Å². The summed E-state index contributed by atoms with van der Waals surface area (Å²) < 4.78 is 74.9. The van der Waals surface area contributed by atoms with Gasteiger partial charge in [0.1, 0.15) is 17.1 Å². The van der Waals surface area contributed by atoms with E-state index in [0.717, 1.165) is 6.26 Å². The van der Waals surface area contributed by atoms with Crippen molar-refractivity contribution in [3.8, 4) is 45.1 Å². The Morgan fingerprint density at radius 1 is 1.00 bits per heavy atom. The third kappa shape index (κ3) is 6.62. The number of aliphatic hydroxyl groups excluding tert-OH is 1. The highest BCUT2D eigenvalue weighted by Crippen LogP contribution is 2.40. The lowest BCUT2D eigenvalue weighted by atomic mass is 9.97. The van der Waals surface area contributed by atoms with Gasteiger partial charge < -0.3 is 19.1 Å². The number of halogens is 3. The molecule has 3 aromatic carbocycles. The Balaban J connectivity index is 1.71. The van der Waals surface area contributed by atoms with Gasteiger partial charge in [0.2, 0.25) is 0 Å². The summed E-state index contributed by atoms with van der Waals surface area (Å²) in [6.07, 6.45) is -2.08. The Kier molecular flexibility index (Phi) is 8.07. The fraction of sp³-hybridized carbons (Fsp3) is 0.219. The molecule has 0 saturated carbocycles. The van der Waals surface area contributed by atoms with E-state index >= 15 is 0 Å². The molecule has 0 radical (unpaired) electrons. The second kappa shape index (κ2) is 11.5. The Morgan fingerprint density at radius 2 is 1.64 bits per heavy atom. The first-order valence-corrected chi connectivity index (χ1v) is 15.4. The second-order valence-corrected chi connectivity index (χ2v) is 12.8. The van der Waals surface area contributed by atoms with Crippen LogP contribution in [0.15, 0.2) is 82.2 Å². The molecule has 0 atom stereocenters. The minimum atomic E-state index is -4.84. The van der Waals surface area contributed by atoms with Crippen LogP contribution in [0.3, 0.4) is 0 Å². The number of alkyl halides is 3. The molecular weight excluding hydrogens is 609 g/mol. The number of aryl methyl sites for hydroxylation is 1. The zero-order chi connectivity index (χ0) is 32.7. The topological polar surface area (TPSA) is 112 Å². The van der Waals surface area contributed by atoms with Crippen molar-refractivity contribution < 1.29 is 35.8 Å². The third-order valence-electron chi connectivity index (χ3n) is 7.05. The fourth-order valence-corrected chi connectivity index (χ4v) is 5.72. The van der Waals surface area contributed by atoms with Gasteiger partial charge in [0.25, 0.3) is 5.54 Å². The summed E-state index contributed by atoms with van der Waals surface area (Å²) in [5, 5.41) is 14.4. The number of sulfone groups is 1. The van der Waals surface area contributed by atoms with Gasteiger partial charge in [0.15, 0.2) is 21.5 Å². The van der Waals surface area contributed by atoms with Crippen molar-refractivity contribution in [3.05, 3.63) is 101 Å². The minimum Gasteiger partial charge on any atom is -0.440 e. The van der Waals surface area contributed by atoms with Crippen LogP contribution < -0.4 is 4.74 Å². The second-order valence-electron chi connectivity index (χ2n) is 10.8. The lowest BCUT2D eigenvalue weighted by Crippen LogP contribution is -2.16. The van der Waals surface area contributed by atoms with E-state index in [1.54, 1.807) is 68.0 Å². The Morgan fingerprint density at radius 3 is 2.27 bits per heavy atom. The van der Waals surface area contributed by atoms with E-state index in [1.807, 2.05) is 0 Å². The molecular formula is C32H27F3N4O5S. The fourth-order valence-electron chi connectivity index (χ4n) is 4.77. The van der Waals surface area contributed by atoms with Crippen LogP contribution in [0.1, 0.15) is 31.0 Å². The highest BCUT2D eigenvalue weighted by molar-refractivity contribution is 7.90. The Hall–Kier alpha value is -4.93. The number of nitrogens with zero attached hydrogens (tertiary/aromatic N) is 4. The van der Waals surface area contributed by atoms with Gasteiger partial charge in [-0.05, 0) is 65.2 Å². The summed E-state index contributed by atoms with van der Waals surface area (Å²) in [7, 11) is -3.67. The zero-order valence-corrected chi connectivity index (χ0v) is 25.4.